The van der Waals surface area contributed by atoms with E-state index >= 15 is 0 Å². The van der Waals surface area contributed by atoms with Crippen molar-refractivity contribution in [3.8, 4) is 0 Å². The summed E-state index contributed by atoms with van der Waals surface area (Å²) in [5, 5.41) is 8.28. The van der Waals surface area contributed by atoms with Crippen molar-refractivity contribution in [1.82, 2.24) is 9.97 Å². The highest BCUT2D eigenvalue weighted by atomic mass is 35.5. The molecule has 28 heavy (non-hydrogen) atoms. The molecule has 1 aromatic carbocycles. The lowest BCUT2D eigenvalue weighted by Gasteiger charge is -2.06. The molecule has 0 unspecified atom stereocenters. The number of rotatable bonds is 6. The number of nitrogens with zero attached hydrogens (tertiary/aromatic N) is 1. The summed E-state index contributed by atoms with van der Waals surface area (Å²) < 4.78 is 0. The van der Waals surface area contributed by atoms with E-state index in [-0.39, 0.29) is 23.8 Å². The van der Waals surface area contributed by atoms with Crippen molar-refractivity contribution in [2.75, 3.05) is 10.6 Å². The number of nitrogens with one attached hydrogen (secondary N) is 3. The number of hydrogen-bond acceptors (Lipinski definition) is 5. The van der Waals surface area contributed by atoms with Gasteiger partial charge in [0.2, 0.25) is 11.5 Å². The summed E-state index contributed by atoms with van der Waals surface area (Å²) in [4.78, 5) is 42.0. The normalized spacial score (nSPS) is 10.5. The fourth-order valence-electron chi connectivity index (χ4n) is 2.34. The summed E-state index contributed by atoms with van der Waals surface area (Å²) >= 11 is 7.33. The Kier molecular flexibility index (Phi) is 6.23. The molecule has 0 aliphatic heterocycles. The van der Waals surface area contributed by atoms with Crippen LogP contribution in [-0.2, 0) is 11.2 Å². The van der Waals surface area contributed by atoms with Gasteiger partial charge in [-0.3, -0.25) is 19.7 Å². The van der Waals surface area contributed by atoms with Crippen LogP contribution in [0.15, 0.2) is 46.7 Å². The Balaban J connectivity index is 1.52. The lowest BCUT2D eigenvalue weighted by molar-refractivity contribution is -0.116. The molecule has 144 valence electrons. The second-order valence-corrected chi connectivity index (χ2v) is 7.32. The first kappa shape index (κ1) is 19.8. The highest BCUT2D eigenvalue weighted by molar-refractivity contribution is 7.14. The van der Waals surface area contributed by atoms with Gasteiger partial charge in [0, 0.05) is 34.8 Å². The fourth-order valence-corrected chi connectivity index (χ4v) is 3.26. The van der Waals surface area contributed by atoms with Crippen LogP contribution in [0.4, 0.5) is 10.8 Å². The Hall–Kier alpha value is -2.97. The molecule has 7 nitrogen and oxygen atoms in total. The van der Waals surface area contributed by atoms with E-state index in [1.807, 2.05) is 13.0 Å². The Labute approximate surface area is 169 Å². The minimum atomic E-state index is -0.369. The fraction of sp³-hybridized carbons (Fsp3) is 0.158. The van der Waals surface area contributed by atoms with Gasteiger partial charge in [-0.2, -0.15) is 0 Å². The molecule has 3 rings (SSSR count). The molecule has 0 saturated carbocycles. The second-order valence-electron chi connectivity index (χ2n) is 6.05. The van der Waals surface area contributed by atoms with E-state index in [9.17, 15) is 14.4 Å². The van der Waals surface area contributed by atoms with Crippen LogP contribution >= 0.6 is 22.9 Å². The zero-order valence-electron chi connectivity index (χ0n) is 14.9. The third-order valence-electron chi connectivity index (χ3n) is 3.88. The Morgan fingerprint density at radius 2 is 2.04 bits per heavy atom. The summed E-state index contributed by atoms with van der Waals surface area (Å²) in [5.74, 6) is -0.516. The van der Waals surface area contributed by atoms with Crippen molar-refractivity contribution in [2.24, 2.45) is 0 Å². The molecule has 0 aliphatic rings. The van der Waals surface area contributed by atoms with Crippen LogP contribution in [0.5, 0.6) is 0 Å². The van der Waals surface area contributed by atoms with Crippen LogP contribution in [0, 0.1) is 6.92 Å². The molecule has 9 heteroatoms. The van der Waals surface area contributed by atoms with E-state index < -0.39 is 0 Å². The largest absolute Gasteiger partial charge is 0.328 e. The van der Waals surface area contributed by atoms with E-state index in [2.05, 4.69) is 20.6 Å². The molecule has 0 saturated heterocycles. The van der Waals surface area contributed by atoms with Gasteiger partial charge in [-0.1, -0.05) is 17.7 Å². The number of amides is 2. The van der Waals surface area contributed by atoms with Crippen LogP contribution in [0.3, 0.4) is 0 Å². The summed E-state index contributed by atoms with van der Waals surface area (Å²) in [6.45, 7) is 1.89. The maximum atomic E-state index is 12.1. The summed E-state index contributed by atoms with van der Waals surface area (Å²) in [6, 6.07) is 8.07. The minimum absolute atomic E-state index is 0.147. The van der Waals surface area contributed by atoms with Gasteiger partial charge in [0.05, 0.1) is 11.3 Å². The summed E-state index contributed by atoms with van der Waals surface area (Å²) in [5.41, 5.74) is 2.34. The number of thiazole rings is 1. The third kappa shape index (κ3) is 5.28. The Bertz CT molecular complexity index is 1060. The molecule has 0 spiro atoms. The smallest absolute Gasteiger partial charge is 0.258 e. The van der Waals surface area contributed by atoms with Gasteiger partial charge in [0.1, 0.15) is 0 Å². The van der Waals surface area contributed by atoms with Crippen molar-refractivity contribution >= 4 is 45.6 Å². The molecule has 0 bridgehead atoms. The number of H-pyrrole nitrogens is 1. The van der Waals surface area contributed by atoms with E-state index in [4.69, 9.17) is 11.6 Å². The Morgan fingerprint density at radius 1 is 1.21 bits per heavy atom. The minimum Gasteiger partial charge on any atom is -0.328 e. The molecule has 0 aliphatic carbocycles. The third-order valence-corrected chi connectivity index (χ3v) is 5.10. The van der Waals surface area contributed by atoms with Gasteiger partial charge >= 0.3 is 0 Å². The lowest BCUT2D eigenvalue weighted by atomic mass is 10.2. The van der Waals surface area contributed by atoms with Crippen molar-refractivity contribution < 1.29 is 9.59 Å². The van der Waals surface area contributed by atoms with E-state index in [1.165, 1.54) is 29.7 Å². The van der Waals surface area contributed by atoms with Crippen LogP contribution < -0.4 is 16.2 Å². The highest BCUT2D eigenvalue weighted by Crippen LogP contribution is 2.21. The molecule has 0 fully saturated rings. The van der Waals surface area contributed by atoms with Gasteiger partial charge in [-0.25, -0.2) is 4.98 Å². The quantitative estimate of drug-likeness (QED) is 0.570. The average Bonchev–Trinajstić information content (AvgIpc) is 3.11. The van der Waals surface area contributed by atoms with Crippen LogP contribution in [0.2, 0.25) is 5.02 Å². The van der Waals surface area contributed by atoms with Crippen LogP contribution in [0.25, 0.3) is 0 Å². The monoisotopic (exact) mass is 416 g/mol. The van der Waals surface area contributed by atoms with Gasteiger partial charge < -0.3 is 10.3 Å². The standard InChI is InChI=1S/C19H17ClN4O3S/c1-11-2-4-13(8-15(11)20)22-17(26)7-5-14-10-28-19(23-14)24-18(27)12-3-6-16(25)21-9-12/h2-4,6,8-10H,5,7H2,1H3,(H,21,25)(H,22,26)(H,23,24,27). The number of hydrogen-bond donors (Lipinski definition) is 3. The maximum Gasteiger partial charge on any atom is 0.258 e. The predicted octanol–water partition coefficient (Wildman–Crippen LogP) is 3.62. The van der Waals surface area contributed by atoms with Crippen molar-refractivity contribution in [2.45, 2.75) is 19.8 Å². The van der Waals surface area contributed by atoms with Crippen LogP contribution in [0.1, 0.15) is 28.0 Å². The first-order valence-electron chi connectivity index (χ1n) is 8.41. The summed E-state index contributed by atoms with van der Waals surface area (Å²) in [6.07, 6.45) is 2.03. The van der Waals surface area contributed by atoms with Crippen LogP contribution in [-0.4, -0.2) is 21.8 Å². The predicted molar refractivity (Wildman–Crippen MR) is 110 cm³/mol. The number of carbonyl (C=O) groups is 2. The molecule has 2 aromatic heterocycles. The lowest BCUT2D eigenvalue weighted by Crippen LogP contribution is -2.14. The van der Waals surface area contributed by atoms with Gasteiger partial charge in [0.25, 0.3) is 5.91 Å². The molecular formula is C19H17ClN4O3S. The van der Waals surface area contributed by atoms with E-state index in [1.54, 1.807) is 17.5 Å². The van der Waals surface area contributed by atoms with E-state index in [0.717, 1.165) is 5.56 Å². The first-order valence-corrected chi connectivity index (χ1v) is 9.67. The zero-order chi connectivity index (χ0) is 20.1. The van der Waals surface area contributed by atoms with Crippen molar-refractivity contribution in [3.63, 3.8) is 0 Å². The van der Waals surface area contributed by atoms with E-state index in [0.29, 0.717) is 33.5 Å². The SMILES string of the molecule is Cc1ccc(NC(=O)CCc2csc(NC(=O)c3ccc(=O)[nH]c3)n2)cc1Cl. The number of pyridine rings is 1. The number of aryl methyl sites for hydroxylation is 2. The molecule has 0 atom stereocenters. The maximum absolute atomic E-state index is 12.1. The second kappa shape index (κ2) is 8.81. The number of halogens is 1. The topological polar surface area (TPSA) is 104 Å². The highest BCUT2D eigenvalue weighted by Gasteiger charge is 2.11. The number of aromatic nitrogens is 2. The van der Waals surface area contributed by atoms with Gasteiger partial charge in [0.15, 0.2) is 5.13 Å². The first-order chi connectivity index (χ1) is 13.4. The molecule has 2 amide bonds. The zero-order valence-corrected chi connectivity index (χ0v) is 16.5. The molecule has 0 radical (unpaired) electrons. The number of benzene rings is 1. The molecule has 3 N–H and O–H groups in total. The van der Waals surface area contributed by atoms with Gasteiger partial charge in [-0.05, 0) is 37.1 Å². The number of aromatic amines is 1. The number of anilines is 2. The molecular weight excluding hydrogens is 400 g/mol. The summed E-state index contributed by atoms with van der Waals surface area (Å²) in [7, 11) is 0. The van der Waals surface area contributed by atoms with Gasteiger partial charge in [-0.15, -0.1) is 11.3 Å². The average molecular weight is 417 g/mol. The van der Waals surface area contributed by atoms with Crippen molar-refractivity contribution in [3.05, 3.63) is 74.1 Å². The number of carbonyl (C=O) groups excluding carboxylic acids is 2. The molecule has 3 aromatic rings. The molecule has 2 heterocycles. The Morgan fingerprint density at radius 3 is 2.75 bits per heavy atom. The van der Waals surface area contributed by atoms with Crippen molar-refractivity contribution in [1.29, 1.82) is 0 Å².